The molecule has 0 aliphatic rings. The first-order valence-corrected chi connectivity index (χ1v) is 9.36. The summed E-state index contributed by atoms with van der Waals surface area (Å²) < 4.78 is 16.1. The molecule has 0 fully saturated rings. The predicted molar refractivity (Wildman–Crippen MR) is 93.0 cm³/mol. The Morgan fingerprint density at radius 2 is 2.17 bits per heavy atom. The Hall–Kier alpha value is -1.86. The summed E-state index contributed by atoms with van der Waals surface area (Å²) in [7, 11) is -2.41. The molecule has 0 saturated heterocycles. The third-order valence-electron chi connectivity index (χ3n) is 3.54. The number of nitrogens with one attached hydrogen (secondary N) is 2. The van der Waals surface area contributed by atoms with Crippen LogP contribution in [0.5, 0.6) is 5.75 Å². The minimum absolute atomic E-state index is 0.0942. The summed E-state index contributed by atoms with van der Waals surface area (Å²) in [6.07, 6.45) is 0.118. The summed E-state index contributed by atoms with van der Waals surface area (Å²) >= 11 is 6.00. The molecule has 0 atom stereocenters. The summed E-state index contributed by atoms with van der Waals surface area (Å²) in [5.74, 6) is 1.20. The molecule has 1 aromatic carbocycles. The average molecular weight is 371 g/mol. The molecule has 0 bridgehead atoms. The normalized spacial score (nSPS) is 12.0. The van der Waals surface area contributed by atoms with Crippen molar-refractivity contribution in [3.8, 4) is 5.75 Å². The first-order chi connectivity index (χ1) is 11.4. The maximum atomic E-state index is 10.9. The Morgan fingerprint density at radius 3 is 2.88 bits per heavy atom. The number of nitrogens with zero attached hydrogens (tertiary/aromatic N) is 2. The Morgan fingerprint density at radius 1 is 1.38 bits per heavy atom. The predicted octanol–water partition coefficient (Wildman–Crippen LogP) is 2.75. The van der Waals surface area contributed by atoms with Gasteiger partial charge in [-0.25, -0.2) is 4.98 Å². The van der Waals surface area contributed by atoms with E-state index in [0.29, 0.717) is 35.6 Å². The average Bonchev–Trinajstić information content (AvgIpc) is 2.88. The molecule has 8 nitrogen and oxygen atoms in total. The van der Waals surface area contributed by atoms with Gasteiger partial charge < -0.3 is 24.8 Å². The molecule has 0 unspecified atom stereocenters. The van der Waals surface area contributed by atoms with Crippen LogP contribution in [0.15, 0.2) is 18.2 Å². The second-order valence-electron chi connectivity index (χ2n) is 5.27. The van der Waals surface area contributed by atoms with Crippen LogP contribution in [0.4, 0.5) is 5.82 Å². The van der Waals surface area contributed by atoms with Crippen LogP contribution in [0.2, 0.25) is 5.28 Å². The van der Waals surface area contributed by atoms with Gasteiger partial charge in [0.25, 0.3) is 0 Å². The molecule has 128 valence electrons. The fourth-order valence-corrected chi connectivity index (χ4v) is 3.20. The first-order valence-electron chi connectivity index (χ1n) is 7.19. The second kappa shape index (κ2) is 6.57. The molecule has 0 saturated carbocycles. The topological polar surface area (TPSA) is 120 Å². The van der Waals surface area contributed by atoms with Crippen molar-refractivity contribution < 1.29 is 19.1 Å². The number of fused-ring (bicyclic) bond motifs is 3. The third-order valence-corrected chi connectivity index (χ3v) is 4.61. The van der Waals surface area contributed by atoms with Crippen molar-refractivity contribution in [2.24, 2.45) is 0 Å². The van der Waals surface area contributed by atoms with Gasteiger partial charge in [-0.05, 0) is 30.2 Å². The summed E-state index contributed by atoms with van der Waals surface area (Å²) in [5.41, 5.74) is 2.18. The van der Waals surface area contributed by atoms with Crippen molar-refractivity contribution >= 4 is 47.0 Å². The number of H-pyrrole nitrogens is 1. The van der Waals surface area contributed by atoms with Crippen molar-refractivity contribution in [3.05, 3.63) is 23.5 Å². The Kier molecular flexibility index (Phi) is 4.64. The van der Waals surface area contributed by atoms with Crippen molar-refractivity contribution in [3.63, 3.8) is 0 Å². The molecule has 2 aromatic heterocycles. The SMILES string of the molecule is COc1ccc2c(c1)[nH]c1c(NCCCP(=O)(O)O)nc(Cl)nc12. The molecule has 10 heteroatoms. The smallest absolute Gasteiger partial charge is 0.325 e. The van der Waals surface area contributed by atoms with E-state index in [1.807, 2.05) is 18.2 Å². The van der Waals surface area contributed by atoms with E-state index < -0.39 is 7.60 Å². The van der Waals surface area contributed by atoms with Crippen LogP contribution in [0.25, 0.3) is 21.9 Å². The number of aromatic nitrogens is 3. The lowest BCUT2D eigenvalue weighted by Crippen LogP contribution is -2.06. The maximum absolute atomic E-state index is 10.9. The van der Waals surface area contributed by atoms with E-state index in [2.05, 4.69) is 20.3 Å². The lowest BCUT2D eigenvalue weighted by molar-refractivity contribution is 0.372. The van der Waals surface area contributed by atoms with Gasteiger partial charge in [-0.15, -0.1) is 0 Å². The van der Waals surface area contributed by atoms with Gasteiger partial charge in [0.2, 0.25) is 5.28 Å². The van der Waals surface area contributed by atoms with Crippen molar-refractivity contribution in [2.45, 2.75) is 6.42 Å². The zero-order chi connectivity index (χ0) is 17.3. The van der Waals surface area contributed by atoms with Crippen LogP contribution in [-0.4, -0.2) is 44.6 Å². The number of methoxy groups -OCH3 is 1. The van der Waals surface area contributed by atoms with Gasteiger partial charge in [0.15, 0.2) is 5.82 Å². The van der Waals surface area contributed by atoms with Gasteiger partial charge in [-0.2, -0.15) is 4.98 Å². The molecule has 2 heterocycles. The van der Waals surface area contributed by atoms with Crippen molar-refractivity contribution in [1.82, 2.24) is 15.0 Å². The number of halogens is 1. The molecule has 3 rings (SSSR count). The summed E-state index contributed by atoms with van der Waals surface area (Å²) in [6, 6.07) is 5.56. The number of ether oxygens (including phenoxy) is 1. The molecule has 0 aliphatic heterocycles. The van der Waals surface area contributed by atoms with Crippen LogP contribution in [0, 0.1) is 0 Å². The standard InChI is InChI=1S/C14H16ClN4O4P/c1-23-8-3-4-9-10(7-8)17-12-11(9)18-14(15)19-13(12)16-5-2-6-24(20,21)22/h3-4,7,17H,2,5-6H2,1H3,(H,16,18,19)(H2,20,21,22). The van der Waals surface area contributed by atoms with E-state index in [4.69, 9.17) is 26.1 Å². The van der Waals surface area contributed by atoms with Crippen LogP contribution in [-0.2, 0) is 4.57 Å². The zero-order valence-electron chi connectivity index (χ0n) is 12.8. The van der Waals surface area contributed by atoms with E-state index >= 15 is 0 Å². The van der Waals surface area contributed by atoms with E-state index in [9.17, 15) is 4.57 Å². The van der Waals surface area contributed by atoms with E-state index in [0.717, 1.165) is 10.9 Å². The molecule has 4 N–H and O–H groups in total. The highest BCUT2D eigenvalue weighted by molar-refractivity contribution is 7.51. The molecule has 0 spiro atoms. The second-order valence-corrected chi connectivity index (χ2v) is 7.38. The Bertz CT molecular complexity index is 939. The monoisotopic (exact) mass is 370 g/mol. The molecule has 0 radical (unpaired) electrons. The van der Waals surface area contributed by atoms with Gasteiger partial charge in [-0.1, -0.05) is 0 Å². The maximum Gasteiger partial charge on any atom is 0.325 e. The fraction of sp³-hybridized carbons (Fsp3) is 0.286. The minimum atomic E-state index is -4.00. The number of rotatable bonds is 6. The van der Waals surface area contributed by atoms with E-state index in [1.165, 1.54) is 0 Å². The molecular formula is C14H16ClN4O4P. The Labute approximate surface area is 142 Å². The fourth-order valence-electron chi connectivity index (χ4n) is 2.46. The summed E-state index contributed by atoms with van der Waals surface area (Å²) in [6.45, 7) is 0.353. The van der Waals surface area contributed by atoms with Gasteiger partial charge in [0, 0.05) is 18.0 Å². The minimum Gasteiger partial charge on any atom is -0.497 e. The molecular weight excluding hydrogens is 355 g/mol. The highest BCUT2D eigenvalue weighted by Gasteiger charge is 2.15. The molecule has 0 amide bonds. The van der Waals surface area contributed by atoms with Gasteiger partial charge in [-0.3, -0.25) is 4.57 Å². The third kappa shape index (κ3) is 3.62. The lowest BCUT2D eigenvalue weighted by Gasteiger charge is -2.07. The largest absolute Gasteiger partial charge is 0.497 e. The van der Waals surface area contributed by atoms with Crippen LogP contribution in [0.1, 0.15) is 6.42 Å². The summed E-state index contributed by atoms with van der Waals surface area (Å²) in [4.78, 5) is 29.4. The van der Waals surface area contributed by atoms with Crippen molar-refractivity contribution in [2.75, 3.05) is 25.1 Å². The number of benzene rings is 1. The van der Waals surface area contributed by atoms with Crippen LogP contribution < -0.4 is 10.1 Å². The van der Waals surface area contributed by atoms with E-state index in [-0.39, 0.29) is 11.4 Å². The lowest BCUT2D eigenvalue weighted by atomic mass is 10.2. The van der Waals surface area contributed by atoms with Crippen LogP contribution in [0.3, 0.4) is 0 Å². The zero-order valence-corrected chi connectivity index (χ0v) is 14.4. The van der Waals surface area contributed by atoms with Gasteiger partial charge >= 0.3 is 7.60 Å². The number of hydrogen-bond acceptors (Lipinski definition) is 5. The highest BCUT2D eigenvalue weighted by Crippen LogP contribution is 2.35. The number of hydrogen-bond donors (Lipinski definition) is 4. The summed E-state index contributed by atoms with van der Waals surface area (Å²) in [5, 5.41) is 4.03. The highest BCUT2D eigenvalue weighted by atomic mass is 35.5. The van der Waals surface area contributed by atoms with Crippen LogP contribution >= 0.6 is 19.2 Å². The number of aromatic amines is 1. The molecule has 3 aromatic rings. The molecule has 0 aliphatic carbocycles. The molecule has 24 heavy (non-hydrogen) atoms. The van der Waals surface area contributed by atoms with Gasteiger partial charge in [0.1, 0.15) is 16.8 Å². The van der Waals surface area contributed by atoms with Crippen molar-refractivity contribution in [1.29, 1.82) is 0 Å². The number of anilines is 1. The first kappa shape index (κ1) is 17.0. The van der Waals surface area contributed by atoms with Gasteiger partial charge in [0.05, 0.1) is 18.8 Å². The quantitative estimate of drug-likeness (QED) is 0.299. The Balaban J connectivity index is 1.94. The van der Waals surface area contributed by atoms with E-state index in [1.54, 1.807) is 7.11 Å².